The number of piperidine rings is 1. The summed E-state index contributed by atoms with van der Waals surface area (Å²) in [6.45, 7) is 5.79. The number of hydrogen-bond donors (Lipinski definition) is 0. The fourth-order valence-corrected chi connectivity index (χ4v) is 5.39. The molecule has 28 heavy (non-hydrogen) atoms. The normalized spacial score (nSPS) is 18.6. The Morgan fingerprint density at radius 1 is 1.29 bits per heavy atom. The standard InChI is InChI=1S/C19H27FN4O3S/c1-3-10-23(11-4-2)28(25,26)24-12-6-8-16(14-24)19-21-18(22-27-19)15-7-5-9-17(20)13-15/h5,7,9,13,16H,3-4,6,8,10-12,14H2,1-2H3/t16-/m1/s1. The van der Waals surface area contributed by atoms with Crippen LogP contribution in [0.4, 0.5) is 4.39 Å². The highest BCUT2D eigenvalue weighted by atomic mass is 32.2. The molecular formula is C19H27FN4O3S. The Kier molecular flexibility index (Phi) is 6.79. The molecule has 7 nitrogen and oxygen atoms in total. The van der Waals surface area contributed by atoms with Crippen molar-refractivity contribution in [2.75, 3.05) is 26.2 Å². The van der Waals surface area contributed by atoms with Crippen LogP contribution in [0.3, 0.4) is 0 Å². The van der Waals surface area contributed by atoms with Crippen molar-refractivity contribution in [1.82, 2.24) is 18.8 Å². The molecular weight excluding hydrogens is 383 g/mol. The molecule has 1 saturated heterocycles. The lowest BCUT2D eigenvalue weighted by atomic mass is 10.00. The molecule has 0 N–H and O–H groups in total. The first-order valence-corrected chi connectivity index (χ1v) is 11.2. The Balaban J connectivity index is 1.76. The second-order valence-corrected chi connectivity index (χ2v) is 9.00. The third-order valence-corrected chi connectivity index (χ3v) is 6.86. The van der Waals surface area contributed by atoms with E-state index in [0.717, 1.165) is 25.7 Å². The fraction of sp³-hybridized carbons (Fsp3) is 0.579. The molecule has 1 aromatic heterocycles. The van der Waals surface area contributed by atoms with Gasteiger partial charge in [0.25, 0.3) is 10.2 Å². The number of aromatic nitrogens is 2. The zero-order chi connectivity index (χ0) is 20.1. The van der Waals surface area contributed by atoms with Crippen molar-refractivity contribution in [3.8, 4) is 11.4 Å². The van der Waals surface area contributed by atoms with Gasteiger partial charge in [0.05, 0.1) is 5.92 Å². The lowest BCUT2D eigenvalue weighted by Crippen LogP contribution is -2.48. The van der Waals surface area contributed by atoms with Crippen LogP contribution in [0.2, 0.25) is 0 Å². The average molecular weight is 411 g/mol. The van der Waals surface area contributed by atoms with E-state index in [1.807, 2.05) is 13.8 Å². The van der Waals surface area contributed by atoms with E-state index in [1.165, 1.54) is 16.4 Å². The third kappa shape index (κ3) is 4.59. The van der Waals surface area contributed by atoms with Crippen molar-refractivity contribution in [2.45, 2.75) is 45.4 Å². The molecule has 0 saturated carbocycles. The SMILES string of the molecule is CCCN(CCC)S(=O)(=O)N1CCC[C@@H](c2nc(-c3cccc(F)c3)no2)C1. The van der Waals surface area contributed by atoms with Crippen molar-refractivity contribution in [2.24, 2.45) is 0 Å². The first-order chi connectivity index (χ1) is 13.5. The first-order valence-electron chi connectivity index (χ1n) is 9.80. The smallest absolute Gasteiger partial charge is 0.281 e. The minimum Gasteiger partial charge on any atom is -0.339 e. The summed E-state index contributed by atoms with van der Waals surface area (Å²) in [5.41, 5.74) is 0.535. The maximum absolute atomic E-state index is 13.4. The molecule has 9 heteroatoms. The van der Waals surface area contributed by atoms with Gasteiger partial charge in [0.2, 0.25) is 11.7 Å². The van der Waals surface area contributed by atoms with E-state index in [1.54, 1.807) is 16.4 Å². The maximum Gasteiger partial charge on any atom is 0.281 e. The van der Waals surface area contributed by atoms with Crippen molar-refractivity contribution >= 4 is 10.2 Å². The van der Waals surface area contributed by atoms with Gasteiger partial charge in [0, 0.05) is 31.7 Å². The van der Waals surface area contributed by atoms with Crippen LogP contribution in [-0.2, 0) is 10.2 Å². The molecule has 0 unspecified atom stereocenters. The zero-order valence-electron chi connectivity index (χ0n) is 16.3. The van der Waals surface area contributed by atoms with E-state index < -0.39 is 10.2 Å². The minimum absolute atomic E-state index is 0.163. The Morgan fingerprint density at radius 3 is 2.71 bits per heavy atom. The summed E-state index contributed by atoms with van der Waals surface area (Å²) >= 11 is 0. The summed E-state index contributed by atoms with van der Waals surface area (Å²) in [6, 6.07) is 6.00. The molecule has 0 aliphatic carbocycles. The second kappa shape index (κ2) is 9.11. The fourth-order valence-electron chi connectivity index (χ4n) is 3.50. The number of rotatable bonds is 8. The van der Waals surface area contributed by atoms with Crippen molar-refractivity contribution in [1.29, 1.82) is 0 Å². The molecule has 154 valence electrons. The lowest BCUT2D eigenvalue weighted by molar-refractivity contribution is 0.249. The number of nitrogens with zero attached hydrogens (tertiary/aromatic N) is 4. The Morgan fingerprint density at radius 2 is 2.04 bits per heavy atom. The van der Waals surface area contributed by atoms with Crippen molar-refractivity contribution in [3.05, 3.63) is 36.0 Å². The van der Waals surface area contributed by atoms with Gasteiger partial charge >= 0.3 is 0 Å². The molecule has 0 spiro atoms. The Hall–Kier alpha value is -1.84. The van der Waals surface area contributed by atoms with Crippen LogP contribution >= 0.6 is 0 Å². The Labute approximate surface area is 165 Å². The van der Waals surface area contributed by atoms with Crippen LogP contribution in [-0.4, -0.2) is 53.3 Å². The van der Waals surface area contributed by atoms with Crippen LogP contribution < -0.4 is 0 Å². The van der Waals surface area contributed by atoms with Crippen molar-refractivity contribution < 1.29 is 17.3 Å². The molecule has 1 aliphatic heterocycles. The second-order valence-electron chi connectivity index (χ2n) is 7.07. The lowest BCUT2D eigenvalue weighted by Gasteiger charge is -2.34. The maximum atomic E-state index is 13.4. The van der Waals surface area contributed by atoms with Crippen molar-refractivity contribution in [3.63, 3.8) is 0 Å². The topological polar surface area (TPSA) is 79.5 Å². The van der Waals surface area contributed by atoms with E-state index in [-0.39, 0.29) is 11.7 Å². The molecule has 1 atom stereocenters. The monoisotopic (exact) mass is 410 g/mol. The Bertz CT molecular complexity index is 881. The summed E-state index contributed by atoms with van der Waals surface area (Å²) in [7, 11) is -3.51. The first kappa shape index (κ1) is 20.9. The summed E-state index contributed by atoms with van der Waals surface area (Å²) < 4.78 is 48.0. The zero-order valence-corrected chi connectivity index (χ0v) is 17.2. The molecule has 3 rings (SSSR count). The van der Waals surface area contributed by atoms with Crippen LogP contribution in [0, 0.1) is 5.82 Å². The predicted molar refractivity (Wildman–Crippen MR) is 104 cm³/mol. The molecule has 1 aromatic carbocycles. The largest absolute Gasteiger partial charge is 0.339 e. The summed E-state index contributed by atoms with van der Waals surface area (Å²) in [5, 5.41) is 3.95. The summed E-state index contributed by atoms with van der Waals surface area (Å²) in [5.74, 6) is 0.180. The van der Waals surface area contributed by atoms with E-state index >= 15 is 0 Å². The number of benzene rings is 1. The van der Waals surface area contributed by atoms with E-state index in [0.29, 0.717) is 43.5 Å². The van der Waals surface area contributed by atoms with Crippen LogP contribution in [0.5, 0.6) is 0 Å². The van der Waals surface area contributed by atoms with Gasteiger partial charge in [0.15, 0.2) is 0 Å². The van der Waals surface area contributed by atoms with E-state index in [9.17, 15) is 12.8 Å². The third-order valence-electron chi connectivity index (χ3n) is 4.86. The van der Waals surface area contributed by atoms with Gasteiger partial charge in [-0.25, -0.2) is 4.39 Å². The van der Waals surface area contributed by atoms with Gasteiger partial charge in [-0.1, -0.05) is 31.1 Å². The molecule has 1 fully saturated rings. The van der Waals surface area contributed by atoms with E-state index in [2.05, 4.69) is 10.1 Å². The summed E-state index contributed by atoms with van der Waals surface area (Å²) in [4.78, 5) is 4.40. The highest BCUT2D eigenvalue weighted by Gasteiger charge is 2.35. The van der Waals surface area contributed by atoms with Crippen LogP contribution in [0.25, 0.3) is 11.4 Å². The van der Waals surface area contributed by atoms with Gasteiger partial charge in [0.1, 0.15) is 5.82 Å². The van der Waals surface area contributed by atoms with Gasteiger partial charge in [-0.05, 0) is 37.8 Å². The minimum atomic E-state index is -3.51. The molecule has 0 radical (unpaired) electrons. The molecule has 0 amide bonds. The highest BCUT2D eigenvalue weighted by Crippen LogP contribution is 2.29. The van der Waals surface area contributed by atoms with Gasteiger partial charge in [-0.3, -0.25) is 0 Å². The molecule has 2 aromatic rings. The van der Waals surface area contributed by atoms with E-state index in [4.69, 9.17) is 4.52 Å². The average Bonchev–Trinajstić information content (AvgIpc) is 3.18. The number of halogens is 1. The summed E-state index contributed by atoms with van der Waals surface area (Å²) in [6.07, 6.45) is 3.06. The van der Waals surface area contributed by atoms with Crippen LogP contribution in [0.15, 0.2) is 28.8 Å². The number of hydrogen-bond acceptors (Lipinski definition) is 5. The van der Waals surface area contributed by atoms with Gasteiger partial charge in [-0.2, -0.15) is 22.0 Å². The molecule has 2 heterocycles. The predicted octanol–water partition coefficient (Wildman–Crippen LogP) is 3.42. The quantitative estimate of drug-likeness (QED) is 0.666. The van der Waals surface area contributed by atoms with Crippen LogP contribution in [0.1, 0.15) is 51.3 Å². The van der Waals surface area contributed by atoms with Gasteiger partial charge in [-0.15, -0.1) is 0 Å². The highest BCUT2D eigenvalue weighted by molar-refractivity contribution is 7.86. The van der Waals surface area contributed by atoms with Gasteiger partial charge < -0.3 is 4.52 Å². The molecule has 1 aliphatic rings. The molecule has 0 bridgehead atoms.